The van der Waals surface area contributed by atoms with Crippen molar-refractivity contribution in [1.82, 2.24) is 14.8 Å². The van der Waals surface area contributed by atoms with Gasteiger partial charge in [0, 0.05) is 30.7 Å². The van der Waals surface area contributed by atoms with Crippen molar-refractivity contribution < 1.29 is 9.90 Å². The van der Waals surface area contributed by atoms with Crippen molar-refractivity contribution in [1.29, 1.82) is 0 Å². The van der Waals surface area contributed by atoms with Crippen LogP contribution in [0.5, 0.6) is 0 Å². The Labute approximate surface area is 115 Å². The Morgan fingerprint density at radius 2 is 2.32 bits per heavy atom. The Kier molecular flexibility index (Phi) is 4.01. The number of aromatic nitrogens is 3. The summed E-state index contributed by atoms with van der Waals surface area (Å²) in [5.41, 5.74) is 0.699. The number of aromatic carboxylic acids is 1. The quantitative estimate of drug-likeness (QED) is 0.873. The van der Waals surface area contributed by atoms with Crippen molar-refractivity contribution in [2.45, 2.75) is 6.42 Å². The zero-order valence-electron chi connectivity index (χ0n) is 10.3. The molecule has 7 heteroatoms. The molecule has 0 amide bonds. The van der Waals surface area contributed by atoms with Gasteiger partial charge in [-0.25, -0.2) is 4.79 Å². The van der Waals surface area contributed by atoms with Crippen LogP contribution in [0.15, 0.2) is 24.5 Å². The van der Waals surface area contributed by atoms with Gasteiger partial charge in [-0.05, 0) is 18.2 Å². The van der Waals surface area contributed by atoms with Gasteiger partial charge in [0.25, 0.3) is 0 Å². The lowest BCUT2D eigenvalue weighted by Crippen LogP contribution is -2.11. The van der Waals surface area contributed by atoms with Crippen molar-refractivity contribution in [2.24, 2.45) is 7.05 Å². The lowest BCUT2D eigenvalue weighted by molar-refractivity contribution is 0.0698. The van der Waals surface area contributed by atoms with Crippen LogP contribution in [0.3, 0.4) is 0 Å². The first-order valence-corrected chi connectivity index (χ1v) is 6.05. The van der Waals surface area contributed by atoms with Crippen molar-refractivity contribution in [2.75, 3.05) is 11.9 Å². The van der Waals surface area contributed by atoms with Gasteiger partial charge in [0.05, 0.1) is 5.56 Å². The minimum atomic E-state index is -1.01. The number of rotatable bonds is 5. The number of carboxylic acid groups (broad SMARTS) is 1. The molecule has 6 nitrogen and oxygen atoms in total. The predicted molar refractivity (Wildman–Crippen MR) is 71.6 cm³/mol. The number of hydrogen-bond acceptors (Lipinski definition) is 4. The van der Waals surface area contributed by atoms with E-state index in [1.165, 1.54) is 6.07 Å². The van der Waals surface area contributed by atoms with Crippen LogP contribution >= 0.6 is 11.6 Å². The molecule has 0 aliphatic heterocycles. The second kappa shape index (κ2) is 5.71. The van der Waals surface area contributed by atoms with E-state index in [2.05, 4.69) is 15.5 Å². The fourth-order valence-corrected chi connectivity index (χ4v) is 1.86. The average Bonchev–Trinajstić information content (AvgIpc) is 2.77. The molecule has 0 aliphatic carbocycles. The number of halogens is 1. The highest BCUT2D eigenvalue weighted by Crippen LogP contribution is 2.20. The molecule has 2 N–H and O–H groups in total. The van der Waals surface area contributed by atoms with Crippen molar-refractivity contribution in [3.8, 4) is 0 Å². The predicted octanol–water partition coefficient (Wildman–Crippen LogP) is 1.82. The summed E-state index contributed by atoms with van der Waals surface area (Å²) in [6.07, 6.45) is 2.28. The van der Waals surface area contributed by atoms with Crippen molar-refractivity contribution in [3.05, 3.63) is 40.9 Å². The van der Waals surface area contributed by atoms with Gasteiger partial charge in [-0.3, -0.25) is 0 Å². The molecule has 0 atom stereocenters. The number of carboxylic acids is 1. The lowest BCUT2D eigenvalue weighted by Gasteiger charge is -2.09. The number of nitrogens with one attached hydrogen (secondary N) is 1. The lowest BCUT2D eigenvalue weighted by atomic mass is 10.1. The summed E-state index contributed by atoms with van der Waals surface area (Å²) in [6, 6.07) is 4.73. The summed E-state index contributed by atoms with van der Waals surface area (Å²) in [7, 11) is 1.86. The molecular weight excluding hydrogens is 268 g/mol. The van der Waals surface area contributed by atoms with E-state index < -0.39 is 5.97 Å². The van der Waals surface area contributed by atoms with E-state index in [-0.39, 0.29) is 5.56 Å². The highest BCUT2D eigenvalue weighted by atomic mass is 35.5. The first-order valence-electron chi connectivity index (χ1n) is 5.67. The highest BCUT2D eigenvalue weighted by molar-refractivity contribution is 6.31. The Hall–Kier alpha value is -2.08. The molecule has 0 radical (unpaired) electrons. The smallest absolute Gasteiger partial charge is 0.337 e. The monoisotopic (exact) mass is 280 g/mol. The molecule has 0 spiro atoms. The van der Waals surface area contributed by atoms with E-state index in [1.807, 2.05) is 11.6 Å². The van der Waals surface area contributed by atoms with Gasteiger partial charge in [0.1, 0.15) is 12.2 Å². The van der Waals surface area contributed by atoms with Crippen LogP contribution in [0.2, 0.25) is 5.02 Å². The molecule has 0 saturated heterocycles. The van der Waals surface area contributed by atoms with Crippen LogP contribution < -0.4 is 5.32 Å². The maximum absolute atomic E-state index is 11.1. The summed E-state index contributed by atoms with van der Waals surface area (Å²) in [5.74, 6) is -0.179. The molecule has 100 valence electrons. The van der Waals surface area contributed by atoms with Crippen LogP contribution in [-0.4, -0.2) is 32.4 Å². The maximum atomic E-state index is 11.1. The number of aryl methyl sites for hydroxylation is 1. The first kappa shape index (κ1) is 13.4. The van der Waals surface area contributed by atoms with Gasteiger partial charge in [0.2, 0.25) is 0 Å². The average molecular weight is 281 g/mol. The van der Waals surface area contributed by atoms with Crippen LogP contribution in [0, 0.1) is 0 Å². The van der Waals surface area contributed by atoms with Crippen LogP contribution in [0.25, 0.3) is 0 Å². The third-order valence-electron chi connectivity index (χ3n) is 2.68. The third kappa shape index (κ3) is 3.23. The van der Waals surface area contributed by atoms with Crippen LogP contribution in [0.4, 0.5) is 5.69 Å². The molecule has 1 heterocycles. The number of carbonyl (C=O) groups is 1. The second-order valence-electron chi connectivity index (χ2n) is 4.03. The van der Waals surface area contributed by atoms with Gasteiger partial charge in [-0.2, -0.15) is 0 Å². The Balaban J connectivity index is 2.03. The largest absolute Gasteiger partial charge is 0.478 e. The van der Waals surface area contributed by atoms with E-state index in [9.17, 15) is 4.79 Å². The standard InChI is InChI=1S/C12H13ClN4O2/c1-17-7-15-16-11(17)4-5-14-10-3-2-8(13)6-9(10)12(18)19/h2-3,6-7,14H,4-5H2,1H3,(H,18,19). The highest BCUT2D eigenvalue weighted by Gasteiger charge is 2.10. The number of nitrogens with zero attached hydrogens (tertiary/aromatic N) is 3. The fraction of sp³-hybridized carbons (Fsp3) is 0.250. The Morgan fingerprint density at radius 3 is 2.95 bits per heavy atom. The minimum Gasteiger partial charge on any atom is -0.478 e. The molecule has 1 aromatic carbocycles. The molecule has 0 saturated carbocycles. The molecule has 0 aliphatic rings. The zero-order chi connectivity index (χ0) is 13.8. The van der Waals surface area contributed by atoms with Crippen molar-refractivity contribution >= 4 is 23.3 Å². The van der Waals surface area contributed by atoms with E-state index in [0.29, 0.717) is 23.7 Å². The van der Waals surface area contributed by atoms with Crippen molar-refractivity contribution in [3.63, 3.8) is 0 Å². The fourth-order valence-electron chi connectivity index (χ4n) is 1.69. The summed E-state index contributed by atoms with van der Waals surface area (Å²) in [5, 5.41) is 20.3. The van der Waals surface area contributed by atoms with Gasteiger partial charge >= 0.3 is 5.97 Å². The molecule has 0 unspecified atom stereocenters. The summed E-state index contributed by atoms with van der Waals surface area (Å²) >= 11 is 5.78. The Morgan fingerprint density at radius 1 is 1.53 bits per heavy atom. The Bertz CT molecular complexity index is 597. The number of hydrogen-bond donors (Lipinski definition) is 2. The molecule has 2 rings (SSSR count). The molecular formula is C12H13ClN4O2. The van der Waals surface area contributed by atoms with E-state index in [4.69, 9.17) is 16.7 Å². The van der Waals surface area contributed by atoms with Gasteiger partial charge < -0.3 is 15.0 Å². The van der Waals surface area contributed by atoms with Crippen LogP contribution in [-0.2, 0) is 13.5 Å². The van der Waals surface area contributed by atoms with E-state index in [1.54, 1.807) is 18.5 Å². The summed E-state index contributed by atoms with van der Waals surface area (Å²) in [4.78, 5) is 11.1. The minimum absolute atomic E-state index is 0.158. The van der Waals surface area contributed by atoms with Gasteiger partial charge in [0.15, 0.2) is 0 Å². The molecule has 0 fully saturated rings. The van der Waals surface area contributed by atoms with Crippen LogP contribution in [0.1, 0.15) is 16.2 Å². The van der Waals surface area contributed by atoms with Gasteiger partial charge in [-0.15, -0.1) is 10.2 Å². The molecule has 2 aromatic rings. The summed E-state index contributed by atoms with van der Waals surface area (Å²) < 4.78 is 1.82. The normalized spacial score (nSPS) is 10.4. The zero-order valence-corrected chi connectivity index (χ0v) is 11.1. The maximum Gasteiger partial charge on any atom is 0.337 e. The molecule has 19 heavy (non-hydrogen) atoms. The first-order chi connectivity index (χ1) is 9.08. The molecule has 1 aromatic heterocycles. The SMILES string of the molecule is Cn1cnnc1CCNc1ccc(Cl)cc1C(=O)O. The van der Waals surface area contributed by atoms with E-state index >= 15 is 0 Å². The number of benzene rings is 1. The van der Waals surface area contributed by atoms with Gasteiger partial charge in [-0.1, -0.05) is 11.6 Å². The molecule has 0 bridgehead atoms. The third-order valence-corrected chi connectivity index (χ3v) is 2.92. The summed E-state index contributed by atoms with van der Waals surface area (Å²) in [6.45, 7) is 0.564. The number of anilines is 1. The topological polar surface area (TPSA) is 80.0 Å². The second-order valence-corrected chi connectivity index (χ2v) is 4.47. The van der Waals surface area contributed by atoms with E-state index in [0.717, 1.165) is 5.82 Å².